The molecule has 2 aliphatic rings. The Morgan fingerprint density at radius 2 is 2.03 bits per heavy atom. The maximum Gasteiger partial charge on any atom is 0.268 e. The minimum Gasteiger partial charge on any atom is -0.379 e. The van der Waals surface area contributed by atoms with Gasteiger partial charge in [-0.2, -0.15) is 0 Å². The number of aliphatic imine (C=N–C) groups is 1. The first-order valence-electron chi connectivity index (χ1n) is 9.69. The molecule has 5 rings (SSSR count). The molecule has 7 nitrogen and oxygen atoms in total. The Bertz CT molecular complexity index is 1070. The van der Waals surface area contributed by atoms with Crippen LogP contribution in [-0.2, 0) is 11.2 Å². The molecular formula is C21H21N5O2S. The first-order chi connectivity index (χ1) is 14.3. The zero-order valence-electron chi connectivity index (χ0n) is 15.9. The molecule has 4 heterocycles. The summed E-state index contributed by atoms with van der Waals surface area (Å²) in [6, 6.07) is 9.96. The number of hydrogen-bond donors (Lipinski definition) is 2. The molecule has 0 saturated carbocycles. The lowest BCUT2D eigenvalue weighted by Gasteiger charge is -2.26. The van der Waals surface area contributed by atoms with Crippen molar-refractivity contribution < 1.29 is 9.53 Å². The average molecular weight is 407 g/mol. The van der Waals surface area contributed by atoms with Gasteiger partial charge in [0.1, 0.15) is 9.71 Å². The number of hydrogen-bond acceptors (Lipinski definition) is 7. The van der Waals surface area contributed by atoms with Crippen LogP contribution in [0.15, 0.2) is 41.5 Å². The Kier molecular flexibility index (Phi) is 4.97. The second-order valence-corrected chi connectivity index (χ2v) is 8.08. The van der Waals surface area contributed by atoms with Gasteiger partial charge >= 0.3 is 0 Å². The van der Waals surface area contributed by atoms with Crippen molar-refractivity contribution in [1.82, 2.24) is 9.88 Å². The van der Waals surface area contributed by atoms with Gasteiger partial charge in [0.2, 0.25) is 0 Å². The zero-order chi connectivity index (χ0) is 19.6. The molecule has 1 saturated heterocycles. The fraction of sp³-hybridized carbons (Fsp3) is 0.286. The Labute approximate surface area is 172 Å². The monoisotopic (exact) mass is 407 g/mol. The van der Waals surface area contributed by atoms with E-state index >= 15 is 0 Å². The van der Waals surface area contributed by atoms with Gasteiger partial charge in [-0.3, -0.25) is 9.69 Å². The van der Waals surface area contributed by atoms with E-state index in [1.165, 1.54) is 16.9 Å². The van der Waals surface area contributed by atoms with Crippen molar-refractivity contribution in [1.29, 1.82) is 0 Å². The summed E-state index contributed by atoms with van der Waals surface area (Å²) in [4.78, 5) is 25.4. The largest absolute Gasteiger partial charge is 0.379 e. The van der Waals surface area contributed by atoms with Crippen LogP contribution >= 0.6 is 11.3 Å². The summed E-state index contributed by atoms with van der Waals surface area (Å²) in [6.45, 7) is 4.67. The second-order valence-electron chi connectivity index (χ2n) is 7.08. The number of amides is 1. The molecule has 8 heteroatoms. The highest BCUT2D eigenvalue weighted by atomic mass is 32.1. The molecule has 29 heavy (non-hydrogen) atoms. The Hall–Kier alpha value is -2.81. The van der Waals surface area contributed by atoms with E-state index in [1.807, 2.05) is 18.2 Å². The third-order valence-electron chi connectivity index (χ3n) is 5.22. The van der Waals surface area contributed by atoms with Gasteiger partial charge in [-0.25, -0.2) is 9.98 Å². The predicted octanol–water partition coefficient (Wildman–Crippen LogP) is 3.51. The molecule has 2 aromatic heterocycles. The van der Waals surface area contributed by atoms with Gasteiger partial charge in [0, 0.05) is 31.5 Å². The second kappa shape index (κ2) is 7.90. The summed E-state index contributed by atoms with van der Waals surface area (Å²) in [5, 5.41) is 7.00. The van der Waals surface area contributed by atoms with Gasteiger partial charge in [-0.05, 0) is 30.2 Å². The molecular weight excluding hydrogens is 386 g/mol. The van der Waals surface area contributed by atoms with Crippen LogP contribution in [0.4, 0.5) is 17.1 Å². The number of pyridine rings is 1. The van der Waals surface area contributed by atoms with Crippen LogP contribution < -0.4 is 10.6 Å². The van der Waals surface area contributed by atoms with Crippen LogP contribution in [0, 0.1) is 0 Å². The summed E-state index contributed by atoms with van der Waals surface area (Å²) < 4.78 is 5.39. The maximum absolute atomic E-state index is 12.9. The van der Waals surface area contributed by atoms with E-state index in [1.54, 1.807) is 12.5 Å². The third kappa shape index (κ3) is 3.74. The number of benzene rings is 1. The summed E-state index contributed by atoms with van der Waals surface area (Å²) in [5.74, 6) is -0.158. The fourth-order valence-electron chi connectivity index (χ4n) is 3.63. The third-order valence-corrected chi connectivity index (χ3v) is 6.30. The average Bonchev–Trinajstić information content (AvgIpc) is 3.15. The van der Waals surface area contributed by atoms with E-state index < -0.39 is 0 Å². The first-order valence-corrected chi connectivity index (χ1v) is 10.5. The van der Waals surface area contributed by atoms with Crippen LogP contribution in [0.2, 0.25) is 0 Å². The van der Waals surface area contributed by atoms with Crippen LogP contribution in [0.1, 0.15) is 15.2 Å². The van der Waals surface area contributed by atoms with Crippen LogP contribution in [0.3, 0.4) is 0 Å². The van der Waals surface area contributed by atoms with Crippen molar-refractivity contribution in [2.75, 3.05) is 43.5 Å². The lowest BCUT2D eigenvalue weighted by Crippen LogP contribution is -2.37. The normalized spacial score (nSPS) is 16.0. The topological polar surface area (TPSA) is 78.9 Å². The summed E-state index contributed by atoms with van der Waals surface area (Å²) in [5.41, 5.74) is 3.66. The van der Waals surface area contributed by atoms with E-state index in [2.05, 4.69) is 37.6 Å². The van der Waals surface area contributed by atoms with Crippen LogP contribution in [-0.4, -0.2) is 55.0 Å². The lowest BCUT2D eigenvalue weighted by molar-refractivity contribution is 0.0384. The van der Waals surface area contributed by atoms with Gasteiger partial charge < -0.3 is 15.4 Å². The lowest BCUT2D eigenvalue weighted by atomic mass is 10.1. The molecule has 1 fully saturated rings. The van der Waals surface area contributed by atoms with Crippen LogP contribution in [0.5, 0.6) is 0 Å². The van der Waals surface area contributed by atoms with E-state index in [-0.39, 0.29) is 5.91 Å². The van der Waals surface area contributed by atoms with E-state index in [9.17, 15) is 4.79 Å². The minimum absolute atomic E-state index is 0.158. The Morgan fingerprint density at radius 1 is 1.21 bits per heavy atom. The molecule has 3 aromatic rings. The van der Waals surface area contributed by atoms with Crippen LogP contribution in [0.25, 0.3) is 10.2 Å². The summed E-state index contributed by atoms with van der Waals surface area (Å²) in [7, 11) is 0. The van der Waals surface area contributed by atoms with E-state index in [0.29, 0.717) is 10.6 Å². The minimum atomic E-state index is -0.158. The van der Waals surface area contributed by atoms with Gasteiger partial charge in [0.05, 0.1) is 36.3 Å². The zero-order valence-corrected chi connectivity index (χ0v) is 16.7. The Morgan fingerprint density at radius 3 is 2.86 bits per heavy atom. The number of morpholine rings is 1. The number of carbonyl (C=O) groups is 1. The highest BCUT2D eigenvalue weighted by Crippen LogP contribution is 2.42. The van der Waals surface area contributed by atoms with Crippen molar-refractivity contribution in [3.8, 4) is 0 Å². The van der Waals surface area contributed by atoms with Gasteiger partial charge in [0.25, 0.3) is 5.91 Å². The number of thiophene rings is 1. The van der Waals surface area contributed by atoms with Crippen molar-refractivity contribution in [3.63, 3.8) is 0 Å². The van der Waals surface area contributed by atoms with E-state index in [0.717, 1.165) is 60.9 Å². The van der Waals surface area contributed by atoms with E-state index in [4.69, 9.17) is 4.74 Å². The highest BCUT2D eigenvalue weighted by molar-refractivity contribution is 7.21. The molecule has 0 radical (unpaired) electrons. The SMILES string of the molecule is O=C(Nc1ccc(CCN2CCOCC2)cc1)c1sc2nccc3c2c1N=CN3. The molecule has 148 valence electrons. The number of ether oxygens (including phenoxy) is 1. The first kappa shape index (κ1) is 18.2. The molecule has 2 N–H and O–H groups in total. The van der Waals surface area contributed by atoms with Crippen molar-refractivity contribution >= 4 is 50.9 Å². The van der Waals surface area contributed by atoms with Gasteiger partial charge in [0.15, 0.2) is 0 Å². The molecule has 0 atom stereocenters. The van der Waals surface area contributed by atoms with Gasteiger partial charge in [-0.1, -0.05) is 12.1 Å². The summed E-state index contributed by atoms with van der Waals surface area (Å²) >= 11 is 1.36. The number of rotatable bonds is 5. The molecule has 0 bridgehead atoms. The predicted molar refractivity (Wildman–Crippen MR) is 117 cm³/mol. The molecule has 1 amide bonds. The highest BCUT2D eigenvalue weighted by Gasteiger charge is 2.22. The molecule has 0 aliphatic carbocycles. The fourth-order valence-corrected chi connectivity index (χ4v) is 4.64. The number of anilines is 2. The van der Waals surface area contributed by atoms with Gasteiger partial charge in [-0.15, -0.1) is 11.3 Å². The van der Waals surface area contributed by atoms with Crippen molar-refractivity contribution in [3.05, 3.63) is 47.0 Å². The quantitative estimate of drug-likeness (QED) is 0.677. The van der Waals surface area contributed by atoms with Crippen molar-refractivity contribution in [2.24, 2.45) is 4.99 Å². The standard InChI is InChI=1S/C21H21N5O2S/c27-20(19-18-17-16(23-13-24-18)5-7-22-21(17)29-19)25-15-3-1-14(2-4-15)6-8-26-9-11-28-12-10-26/h1-5,7,13H,6,8-12H2,(H,23,24)(H,25,27). The number of aromatic nitrogens is 1. The molecule has 1 aromatic carbocycles. The maximum atomic E-state index is 12.9. The molecule has 0 spiro atoms. The number of nitrogens with zero attached hydrogens (tertiary/aromatic N) is 3. The molecule has 0 unspecified atom stereocenters. The molecule has 2 aliphatic heterocycles. The number of carbonyl (C=O) groups excluding carboxylic acids is 1. The van der Waals surface area contributed by atoms with Crippen molar-refractivity contribution in [2.45, 2.75) is 6.42 Å². The smallest absolute Gasteiger partial charge is 0.268 e. The Balaban J connectivity index is 1.27. The number of nitrogens with one attached hydrogen (secondary N) is 2. The summed E-state index contributed by atoms with van der Waals surface area (Å²) in [6.07, 6.45) is 4.34.